The predicted molar refractivity (Wildman–Crippen MR) is 57.9 cm³/mol. The van der Waals surface area contributed by atoms with Crippen molar-refractivity contribution in [3.05, 3.63) is 41.6 Å². The van der Waals surface area contributed by atoms with Crippen molar-refractivity contribution in [2.75, 3.05) is 5.01 Å². The van der Waals surface area contributed by atoms with Crippen LogP contribution in [-0.2, 0) is 6.54 Å². The molecular formula is C10H13N5. The summed E-state index contributed by atoms with van der Waals surface area (Å²) in [6.45, 7) is 2.48. The molecule has 0 aliphatic heterocycles. The third-order valence-electron chi connectivity index (χ3n) is 2.17. The van der Waals surface area contributed by atoms with Crippen molar-refractivity contribution in [3.8, 4) is 0 Å². The van der Waals surface area contributed by atoms with E-state index >= 15 is 0 Å². The van der Waals surface area contributed by atoms with Crippen molar-refractivity contribution in [2.24, 2.45) is 5.84 Å². The lowest BCUT2D eigenvalue weighted by Gasteiger charge is -2.15. The van der Waals surface area contributed by atoms with Crippen LogP contribution in [0.3, 0.4) is 0 Å². The zero-order valence-corrected chi connectivity index (χ0v) is 8.51. The van der Waals surface area contributed by atoms with Crippen molar-refractivity contribution < 1.29 is 0 Å². The van der Waals surface area contributed by atoms with Crippen LogP contribution in [0.25, 0.3) is 0 Å². The lowest BCUT2D eigenvalue weighted by atomic mass is 10.2. The molecule has 0 bridgehead atoms. The number of aryl methyl sites for hydroxylation is 1. The van der Waals surface area contributed by atoms with Gasteiger partial charge in [-0.25, -0.2) is 5.84 Å². The summed E-state index contributed by atoms with van der Waals surface area (Å²) in [4.78, 5) is 0. The van der Waals surface area contributed by atoms with Gasteiger partial charge in [-0.2, -0.15) is 10.3 Å². The molecule has 1 aromatic carbocycles. The van der Waals surface area contributed by atoms with Crippen molar-refractivity contribution in [2.45, 2.75) is 13.5 Å². The summed E-state index contributed by atoms with van der Waals surface area (Å²) >= 11 is 0. The van der Waals surface area contributed by atoms with Crippen LogP contribution in [-0.4, -0.2) is 15.4 Å². The van der Waals surface area contributed by atoms with Crippen LogP contribution in [0.2, 0.25) is 0 Å². The number of hydrazine groups is 1. The number of nitrogens with zero attached hydrogens (tertiary/aromatic N) is 3. The molecular weight excluding hydrogens is 190 g/mol. The van der Waals surface area contributed by atoms with Crippen LogP contribution in [0.1, 0.15) is 11.3 Å². The highest BCUT2D eigenvalue weighted by Crippen LogP contribution is 2.12. The highest BCUT2D eigenvalue weighted by molar-refractivity contribution is 5.40. The Balaban J connectivity index is 2.11. The molecule has 0 unspecified atom stereocenters. The monoisotopic (exact) mass is 203 g/mol. The fourth-order valence-electron chi connectivity index (χ4n) is 1.41. The molecule has 0 radical (unpaired) electrons. The maximum Gasteiger partial charge on any atom is 0.188 e. The number of anilines is 1. The first-order valence-corrected chi connectivity index (χ1v) is 4.71. The molecule has 3 N–H and O–H groups in total. The molecule has 78 valence electrons. The number of aromatic amines is 1. The molecule has 5 nitrogen and oxygen atoms in total. The summed E-state index contributed by atoms with van der Waals surface area (Å²) in [5.41, 5.74) is 1.94. The molecule has 0 spiro atoms. The molecule has 5 heteroatoms. The smallest absolute Gasteiger partial charge is 0.188 e. The van der Waals surface area contributed by atoms with Gasteiger partial charge in [0, 0.05) is 0 Å². The molecule has 1 aromatic heterocycles. The molecule has 2 rings (SSSR count). The SMILES string of the molecule is Cc1n[nH]nc1N(N)Cc1ccccc1. The summed E-state index contributed by atoms with van der Waals surface area (Å²) in [5, 5.41) is 12.0. The quantitative estimate of drug-likeness (QED) is 0.576. The number of hydrogen-bond acceptors (Lipinski definition) is 4. The summed E-state index contributed by atoms with van der Waals surface area (Å²) in [7, 11) is 0. The Hall–Kier alpha value is -1.88. The molecule has 0 saturated heterocycles. The van der Waals surface area contributed by atoms with Crippen LogP contribution in [0.15, 0.2) is 30.3 Å². The Bertz CT molecular complexity index is 422. The van der Waals surface area contributed by atoms with Gasteiger partial charge in [0.1, 0.15) is 5.69 Å². The first-order valence-electron chi connectivity index (χ1n) is 4.71. The Morgan fingerprint density at radius 1 is 1.27 bits per heavy atom. The topological polar surface area (TPSA) is 70.8 Å². The number of benzene rings is 1. The summed E-state index contributed by atoms with van der Waals surface area (Å²) in [6.07, 6.45) is 0. The van der Waals surface area contributed by atoms with Gasteiger partial charge in [-0.1, -0.05) is 30.3 Å². The van der Waals surface area contributed by atoms with Gasteiger partial charge in [0.2, 0.25) is 0 Å². The van der Waals surface area contributed by atoms with Gasteiger partial charge in [0.15, 0.2) is 5.82 Å². The molecule has 0 saturated carbocycles. The Labute approximate surface area is 87.9 Å². The lowest BCUT2D eigenvalue weighted by Crippen LogP contribution is -2.31. The number of rotatable bonds is 3. The van der Waals surface area contributed by atoms with E-state index in [0.29, 0.717) is 12.4 Å². The Kier molecular flexibility index (Phi) is 2.64. The fourth-order valence-corrected chi connectivity index (χ4v) is 1.41. The van der Waals surface area contributed by atoms with Crippen molar-refractivity contribution in [1.29, 1.82) is 0 Å². The van der Waals surface area contributed by atoms with E-state index in [2.05, 4.69) is 15.4 Å². The molecule has 2 aromatic rings. The summed E-state index contributed by atoms with van der Waals surface area (Å²) < 4.78 is 0. The highest BCUT2D eigenvalue weighted by atomic mass is 15.5. The van der Waals surface area contributed by atoms with Gasteiger partial charge in [0.25, 0.3) is 0 Å². The molecule has 0 fully saturated rings. The van der Waals surface area contributed by atoms with E-state index in [9.17, 15) is 0 Å². The predicted octanol–water partition coefficient (Wildman–Crippen LogP) is 0.993. The second kappa shape index (κ2) is 4.10. The third kappa shape index (κ3) is 2.13. The standard InChI is InChI=1S/C10H13N5/c1-8-10(13-14-12-8)15(11)7-9-5-3-2-4-6-9/h2-6H,7,11H2,1H3,(H,12,13,14). The second-order valence-corrected chi connectivity index (χ2v) is 3.35. The van der Waals surface area contributed by atoms with Crippen LogP contribution >= 0.6 is 0 Å². The van der Waals surface area contributed by atoms with E-state index in [-0.39, 0.29) is 0 Å². The number of H-pyrrole nitrogens is 1. The van der Waals surface area contributed by atoms with Crippen molar-refractivity contribution in [1.82, 2.24) is 15.4 Å². The Morgan fingerprint density at radius 2 is 2.00 bits per heavy atom. The molecule has 0 atom stereocenters. The van der Waals surface area contributed by atoms with Gasteiger partial charge in [-0.15, -0.1) is 5.10 Å². The van der Waals surface area contributed by atoms with E-state index in [1.54, 1.807) is 5.01 Å². The van der Waals surface area contributed by atoms with Gasteiger partial charge in [-0.3, -0.25) is 5.01 Å². The molecule has 1 heterocycles. The van der Waals surface area contributed by atoms with Crippen LogP contribution < -0.4 is 10.9 Å². The van der Waals surface area contributed by atoms with Gasteiger partial charge >= 0.3 is 0 Å². The average molecular weight is 203 g/mol. The van der Waals surface area contributed by atoms with Crippen LogP contribution in [0.5, 0.6) is 0 Å². The fraction of sp³-hybridized carbons (Fsp3) is 0.200. The molecule has 0 amide bonds. The van der Waals surface area contributed by atoms with Gasteiger partial charge < -0.3 is 0 Å². The largest absolute Gasteiger partial charge is 0.287 e. The highest BCUT2D eigenvalue weighted by Gasteiger charge is 2.09. The first kappa shape index (κ1) is 9.67. The van der Waals surface area contributed by atoms with E-state index in [1.807, 2.05) is 37.3 Å². The maximum atomic E-state index is 5.88. The van der Waals surface area contributed by atoms with Gasteiger partial charge in [0.05, 0.1) is 6.54 Å². The van der Waals surface area contributed by atoms with Crippen LogP contribution in [0.4, 0.5) is 5.82 Å². The Morgan fingerprint density at radius 3 is 2.60 bits per heavy atom. The van der Waals surface area contributed by atoms with Crippen molar-refractivity contribution in [3.63, 3.8) is 0 Å². The van der Waals surface area contributed by atoms with E-state index in [4.69, 9.17) is 5.84 Å². The third-order valence-corrected chi connectivity index (χ3v) is 2.17. The molecule has 0 aliphatic rings. The minimum atomic E-state index is 0.619. The lowest BCUT2D eigenvalue weighted by molar-refractivity contribution is 0.820. The number of nitrogens with two attached hydrogens (primary N) is 1. The summed E-state index contributed by atoms with van der Waals surface area (Å²) in [6, 6.07) is 9.99. The summed E-state index contributed by atoms with van der Waals surface area (Å²) in [5.74, 6) is 6.56. The van der Waals surface area contributed by atoms with E-state index in [0.717, 1.165) is 11.3 Å². The normalized spacial score (nSPS) is 10.3. The molecule has 15 heavy (non-hydrogen) atoms. The maximum absolute atomic E-state index is 5.88. The van der Waals surface area contributed by atoms with E-state index in [1.165, 1.54) is 0 Å². The first-order chi connectivity index (χ1) is 7.27. The zero-order chi connectivity index (χ0) is 10.7. The zero-order valence-electron chi connectivity index (χ0n) is 8.51. The average Bonchev–Trinajstić information content (AvgIpc) is 2.66. The minimum Gasteiger partial charge on any atom is -0.287 e. The van der Waals surface area contributed by atoms with Gasteiger partial charge in [-0.05, 0) is 12.5 Å². The number of aromatic nitrogens is 3. The number of hydrogen-bond donors (Lipinski definition) is 2. The van der Waals surface area contributed by atoms with E-state index < -0.39 is 0 Å². The van der Waals surface area contributed by atoms with Crippen molar-refractivity contribution >= 4 is 5.82 Å². The number of nitrogens with one attached hydrogen (secondary N) is 1. The molecule has 0 aliphatic carbocycles. The van der Waals surface area contributed by atoms with Crippen LogP contribution in [0, 0.1) is 6.92 Å². The second-order valence-electron chi connectivity index (χ2n) is 3.35. The minimum absolute atomic E-state index is 0.619.